The number of nitriles is 1. The lowest BCUT2D eigenvalue weighted by Gasteiger charge is -2.12. The van der Waals surface area contributed by atoms with Crippen molar-refractivity contribution in [2.24, 2.45) is 0 Å². The van der Waals surface area contributed by atoms with Gasteiger partial charge in [0, 0.05) is 19.1 Å². The highest BCUT2D eigenvalue weighted by atomic mass is 35.5. The summed E-state index contributed by atoms with van der Waals surface area (Å²) in [4.78, 5) is -0.0671. The van der Waals surface area contributed by atoms with Crippen molar-refractivity contribution < 1.29 is 8.42 Å². The fourth-order valence-corrected chi connectivity index (χ4v) is 2.30. The van der Waals surface area contributed by atoms with Crippen LogP contribution in [0.15, 0.2) is 23.1 Å². The number of hydrogen-bond acceptors (Lipinski definition) is 3. The Kier molecular flexibility index (Phi) is 3.35. The molecule has 0 spiro atoms. The van der Waals surface area contributed by atoms with Crippen LogP contribution in [0.2, 0.25) is 5.02 Å². The van der Waals surface area contributed by atoms with Gasteiger partial charge in [0.1, 0.15) is 11.0 Å². The number of rotatable bonds is 2. The molecular weight excluding hydrogens is 236 g/mol. The fourth-order valence-electron chi connectivity index (χ4n) is 0.999. The highest BCUT2D eigenvalue weighted by molar-refractivity contribution is 7.89. The molecule has 80 valence electrons. The van der Waals surface area contributed by atoms with Gasteiger partial charge in [-0.3, -0.25) is 0 Å². The molecule has 0 aromatic heterocycles. The van der Waals surface area contributed by atoms with E-state index in [4.69, 9.17) is 16.9 Å². The molecule has 0 radical (unpaired) electrons. The maximum absolute atomic E-state index is 11.8. The van der Waals surface area contributed by atoms with Gasteiger partial charge in [0.2, 0.25) is 10.0 Å². The second kappa shape index (κ2) is 4.19. The Bertz CT molecular complexity index is 517. The highest BCUT2D eigenvalue weighted by Crippen LogP contribution is 2.22. The van der Waals surface area contributed by atoms with Crippen LogP contribution >= 0.6 is 11.6 Å². The molecule has 0 aliphatic heterocycles. The zero-order valence-electron chi connectivity index (χ0n) is 8.23. The molecule has 0 amide bonds. The van der Waals surface area contributed by atoms with Crippen LogP contribution in [0.25, 0.3) is 0 Å². The van der Waals surface area contributed by atoms with Crippen molar-refractivity contribution in [1.29, 1.82) is 5.26 Å². The average molecular weight is 245 g/mol. The maximum atomic E-state index is 11.8. The number of hydrogen-bond donors (Lipinski definition) is 0. The summed E-state index contributed by atoms with van der Waals surface area (Å²) in [6, 6.07) is 5.96. The molecule has 0 fully saturated rings. The van der Waals surface area contributed by atoms with E-state index < -0.39 is 10.0 Å². The van der Waals surface area contributed by atoms with E-state index in [1.807, 2.05) is 6.07 Å². The molecule has 0 heterocycles. The lowest BCUT2D eigenvalue weighted by molar-refractivity contribution is 0.520. The third-order valence-electron chi connectivity index (χ3n) is 1.82. The predicted octanol–water partition coefficient (Wildman–Crippen LogP) is 1.46. The van der Waals surface area contributed by atoms with Gasteiger partial charge in [-0.1, -0.05) is 11.6 Å². The van der Waals surface area contributed by atoms with Crippen LogP contribution in [-0.4, -0.2) is 26.8 Å². The van der Waals surface area contributed by atoms with Crippen molar-refractivity contribution in [3.8, 4) is 6.07 Å². The Morgan fingerprint density at radius 2 is 2.00 bits per heavy atom. The van der Waals surface area contributed by atoms with E-state index in [1.54, 1.807) is 0 Å². The van der Waals surface area contributed by atoms with Crippen LogP contribution in [0.4, 0.5) is 0 Å². The minimum Gasteiger partial charge on any atom is -0.207 e. The van der Waals surface area contributed by atoms with Crippen LogP contribution in [0.5, 0.6) is 0 Å². The van der Waals surface area contributed by atoms with Gasteiger partial charge >= 0.3 is 0 Å². The minimum atomic E-state index is -3.62. The van der Waals surface area contributed by atoms with Crippen molar-refractivity contribution in [3.05, 3.63) is 28.8 Å². The summed E-state index contributed by atoms with van der Waals surface area (Å²) >= 11 is 5.69. The van der Waals surface area contributed by atoms with Crippen LogP contribution < -0.4 is 0 Å². The number of sulfonamides is 1. The smallest absolute Gasteiger partial charge is 0.207 e. The largest absolute Gasteiger partial charge is 0.243 e. The Hall–Kier alpha value is -1.09. The third kappa shape index (κ3) is 2.29. The number of halogens is 1. The van der Waals surface area contributed by atoms with Gasteiger partial charge in [0.15, 0.2) is 0 Å². The van der Waals surface area contributed by atoms with Crippen LogP contribution in [0.3, 0.4) is 0 Å². The summed E-state index contributed by atoms with van der Waals surface area (Å²) in [5.41, 5.74) is 0.0908. The van der Waals surface area contributed by atoms with Crippen LogP contribution in [0, 0.1) is 11.3 Å². The van der Waals surface area contributed by atoms with Crippen molar-refractivity contribution in [2.75, 3.05) is 14.1 Å². The molecule has 1 aromatic carbocycles. The molecule has 0 atom stereocenters. The molecule has 0 aliphatic carbocycles. The van der Waals surface area contributed by atoms with E-state index in [2.05, 4.69) is 0 Å². The monoisotopic (exact) mass is 244 g/mol. The lowest BCUT2D eigenvalue weighted by Crippen LogP contribution is -2.23. The maximum Gasteiger partial charge on any atom is 0.243 e. The van der Waals surface area contributed by atoms with Crippen LogP contribution in [0.1, 0.15) is 5.56 Å². The SMILES string of the molecule is CN(C)S(=O)(=O)c1cc(Cl)ccc1C#N. The molecule has 1 aromatic rings. The van der Waals surface area contributed by atoms with Gasteiger partial charge in [-0.05, 0) is 18.2 Å². The van der Waals surface area contributed by atoms with Gasteiger partial charge in [-0.25, -0.2) is 12.7 Å². The van der Waals surface area contributed by atoms with Gasteiger partial charge < -0.3 is 0 Å². The first-order chi connectivity index (χ1) is 6.89. The van der Waals surface area contributed by atoms with Gasteiger partial charge in [-0.15, -0.1) is 0 Å². The molecular formula is C9H9ClN2O2S. The topological polar surface area (TPSA) is 61.2 Å². The van der Waals surface area contributed by atoms with Gasteiger partial charge in [0.05, 0.1) is 5.56 Å². The Labute approximate surface area is 93.7 Å². The van der Waals surface area contributed by atoms with Crippen molar-refractivity contribution in [2.45, 2.75) is 4.90 Å². The second-order valence-corrected chi connectivity index (χ2v) is 5.60. The predicted molar refractivity (Wildman–Crippen MR) is 57.0 cm³/mol. The zero-order valence-corrected chi connectivity index (χ0v) is 9.80. The molecule has 0 saturated heterocycles. The number of benzene rings is 1. The van der Waals surface area contributed by atoms with Crippen LogP contribution in [-0.2, 0) is 10.0 Å². The van der Waals surface area contributed by atoms with E-state index in [0.29, 0.717) is 0 Å². The Balaban J connectivity index is 3.51. The molecule has 0 bridgehead atoms. The molecule has 15 heavy (non-hydrogen) atoms. The van der Waals surface area contributed by atoms with E-state index in [-0.39, 0.29) is 15.5 Å². The summed E-state index contributed by atoms with van der Waals surface area (Å²) in [5.74, 6) is 0. The Morgan fingerprint density at radius 3 is 2.47 bits per heavy atom. The van der Waals surface area contributed by atoms with Crippen molar-refractivity contribution in [1.82, 2.24) is 4.31 Å². The molecule has 0 N–H and O–H groups in total. The zero-order chi connectivity index (χ0) is 11.6. The van der Waals surface area contributed by atoms with E-state index in [1.165, 1.54) is 32.3 Å². The summed E-state index contributed by atoms with van der Waals surface area (Å²) in [6.45, 7) is 0. The van der Waals surface area contributed by atoms with Crippen molar-refractivity contribution in [3.63, 3.8) is 0 Å². The average Bonchev–Trinajstić information content (AvgIpc) is 2.17. The second-order valence-electron chi connectivity index (χ2n) is 3.04. The molecule has 0 unspecified atom stereocenters. The first-order valence-corrected chi connectivity index (χ1v) is 5.83. The summed E-state index contributed by atoms with van der Waals surface area (Å²) in [7, 11) is -0.815. The molecule has 4 nitrogen and oxygen atoms in total. The molecule has 1 rings (SSSR count). The third-order valence-corrected chi connectivity index (χ3v) is 3.91. The highest BCUT2D eigenvalue weighted by Gasteiger charge is 2.21. The molecule has 0 aliphatic rings. The standard InChI is InChI=1S/C9H9ClN2O2S/c1-12(2)15(13,14)9-5-8(10)4-3-7(9)6-11/h3-5H,1-2H3. The lowest BCUT2D eigenvalue weighted by atomic mass is 10.2. The minimum absolute atomic E-state index is 0.0671. The molecule has 6 heteroatoms. The summed E-state index contributed by atoms with van der Waals surface area (Å²) < 4.78 is 24.6. The Morgan fingerprint density at radius 1 is 1.40 bits per heavy atom. The first kappa shape index (κ1) is 12.0. The normalized spacial score (nSPS) is 11.4. The summed E-state index contributed by atoms with van der Waals surface area (Å²) in [6.07, 6.45) is 0. The first-order valence-electron chi connectivity index (χ1n) is 4.02. The van der Waals surface area contributed by atoms with Gasteiger partial charge in [-0.2, -0.15) is 5.26 Å². The van der Waals surface area contributed by atoms with E-state index in [9.17, 15) is 8.42 Å². The fraction of sp³-hybridized carbons (Fsp3) is 0.222. The quantitative estimate of drug-likeness (QED) is 0.791. The number of nitrogens with zero attached hydrogens (tertiary/aromatic N) is 2. The van der Waals surface area contributed by atoms with Gasteiger partial charge in [0.25, 0.3) is 0 Å². The van der Waals surface area contributed by atoms with Crippen molar-refractivity contribution >= 4 is 21.6 Å². The van der Waals surface area contributed by atoms with E-state index >= 15 is 0 Å². The van der Waals surface area contributed by atoms with E-state index in [0.717, 1.165) is 4.31 Å². The summed E-state index contributed by atoms with van der Waals surface area (Å²) in [5, 5.41) is 9.06. The molecule has 0 saturated carbocycles.